The van der Waals surface area contributed by atoms with E-state index in [1.54, 1.807) is 6.92 Å². The molecule has 118 valence electrons. The van der Waals surface area contributed by atoms with E-state index in [1.807, 2.05) is 0 Å². The molecule has 0 aromatic carbocycles. The first-order valence-electron chi connectivity index (χ1n) is 8.66. The van der Waals surface area contributed by atoms with E-state index in [0.717, 1.165) is 43.9 Å². The smallest absolute Gasteiger partial charge is 0.220 e. The van der Waals surface area contributed by atoms with Crippen LogP contribution in [-0.2, 0) is 9.59 Å². The molecule has 2 bridgehead atoms. The molecule has 3 atom stereocenters. The van der Waals surface area contributed by atoms with Crippen LogP contribution in [0.25, 0.3) is 0 Å². The molecule has 0 aromatic heterocycles. The fraction of sp³-hybridized carbons (Fsp3) is 0.882. The van der Waals surface area contributed by atoms with Crippen molar-refractivity contribution in [3.63, 3.8) is 0 Å². The number of carbonyl (C=O) groups is 2. The molecule has 3 saturated carbocycles. The van der Waals surface area contributed by atoms with Crippen molar-refractivity contribution in [2.75, 3.05) is 0 Å². The van der Waals surface area contributed by atoms with Gasteiger partial charge in [0.1, 0.15) is 0 Å². The fourth-order valence-electron chi connectivity index (χ4n) is 4.82. The molecule has 0 saturated heterocycles. The van der Waals surface area contributed by atoms with Gasteiger partial charge in [0, 0.05) is 25.4 Å². The van der Waals surface area contributed by atoms with Crippen molar-refractivity contribution in [3.8, 4) is 0 Å². The van der Waals surface area contributed by atoms with Gasteiger partial charge in [-0.15, -0.1) is 0 Å². The Labute approximate surface area is 127 Å². The van der Waals surface area contributed by atoms with Crippen molar-refractivity contribution < 1.29 is 9.59 Å². The summed E-state index contributed by atoms with van der Waals surface area (Å²) in [6, 6.07) is 0.627. The summed E-state index contributed by atoms with van der Waals surface area (Å²) in [5, 5.41) is 6.21. The van der Waals surface area contributed by atoms with Crippen LogP contribution in [0, 0.1) is 17.8 Å². The van der Waals surface area contributed by atoms with E-state index in [0.29, 0.717) is 18.0 Å². The summed E-state index contributed by atoms with van der Waals surface area (Å²) in [7, 11) is 0. The quantitative estimate of drug-likeness (QED) is 0.836. The van der Waals surface area contributed by atoms with Crippen LogP contribution in [0.2, 0.25) is 0 Å². The molecule has 0 heterocycles. The molecule has 4 nitrogen and oxygen atoms in total. The van der Waals surface area contributed by atoms with Gasteiger partial charge in [-0.05, 0) is 62.7 Å². The largest absolute Gasteiger partial charge is 0.354 e. The van der Waals surface area contributed by atoms with Gasteiger partial charge in [-0.3, -0.25) is 9.59 Å². The summed E-state index contributed by atoms with van der Waals surface area (Å²) in [5.41, 5.74) is 0. The van der Waals surface area contributed by atoms with Gasteiger partial charge >= 0.3 is 0 Å². The lowest BCUT2D eigenvalue weighted by Crippen LogP contribution is -2.43. The standard InChI is InChI=1S/C17H28N2O2/c1-11(20)18-15-4-6-16(7-5-15)19-17(21)10-14-9-12-2-3-13(14)8-12/h12-16H,2-10H2,1H3,(H,18,20)(H,19,21). The van der Waals surface area contributed by atoms with Gasteiger partial charge in [0.05, 0.1) is 0 Å². The van der Waals surface area contributed by atoms with Crippen molar-refractivity contribution >= 4 is 11.8 Å². The second-order valence-electron chi connectivity index (χ2n) is 7.46. The molecule has 0 aromatic rings. The average molecular weight is 292 g/mol. The fourth-order valence-corrected chi connectivity index (χ4v) is 4.82. The van der Waals surface area contributed by atoms with Crippen LogP contribution in [0.1, 0.15) is 64.7 Å². The summed E-state index contributed by atoms with van der Waals surface area (Å²) in [6.45, 7) is 1.57. The zero-order chi connectivity index (χ0) is 14.8. The number of hydrogen-bond donors (Lipinski definition) is 2. The van der Waals surface area contributed by atoms with Crippen molar-refractivity contribution in [3.05, 3.63) is 0 Å². The minimum absolute atomic E-state index is 0.0544. The van der Waals surface area contributed by atoms with Crippen molar-refractivity contribution in [1.82, 2.24) is 10.6 Å². The number of fused-ring (bicyclic) bond motifs is 2. The monoisotopic (exact) mass is 292 g/mol. The Morgan fingerprint density at radius 2 is 1.57 bits per heavy atom. The maximum Gasteiger partial charge on any atom is 0.220 e. The van der Waals surface area contributed by atoms with E-state index in [-0.39, 0.29) is 11.8 Å². The Morgan fingerprint density at radius 1 is 0.905 bits per heavy atom. The molecule has 3 aliphatic rings. The number of carbonyl (C=O) groups excluding carboxylic acids is 2. The third-order valence-electron chi connectivity index (χ3n) is 5.83. The Balaban J connectivity index is 1.37. The molecule has 0 spiro atoms. The highest BCUT2D eigenvalue weighted by molar-refractivity contribution is 5.76. The van der Waals surface area contributed by atoms with E-state index in [4.69, 9.17) is 0 Å². The van der Waals surface area contributed by atoms with Crippen molar-refractivity contribution in [2.24, 2.45) is 17.8 Å². The molecule has 2 amide bonds. The van der Waals surface area contributed by atoms with E-state index in [2.05, 4.69) is 10.6 Å². The predicted molar refractivity (Wildman–Crippen MR) is 81.6 cm³/mol. The van der Waals surface area contributed by atoms with Crippen LogP contribution < -0.4 is 10.6 Å². The molecule has 3 rings (SSSR count). The summed E-state index contributed by atoms with van der Waals surface area (Å²) in [6.07, 6.45) is 10.1. The number of rotatable bonds is 4. The number of nitrogens with one attached hydrogen (secondary N) is 2. The maximum absolute atomic E-state index is 12.2. The van der Waals surface area contributed by atoms with Crippen LogP contribution in [0.4, 0.5) is 0 Å². The molecular formula is C17H28N2O2. The van der Waals surface area contributed by atoms with Crippen molar-refractivity contribution in [1.29, 1.82) is 0 Å². The van der Waals surface area contributed by atoms with Gasteiger partial charge in [0.15, 0.2) is 0 Å². The summed E-state index contributed by atoms with van der Waals surface area (Å²) < 4.78 is 0. The van der Waals surface area contributed by atoms with E-state index >= 15 is 0 Å². The van der Waals surface area contributed by atoms with E-state index < -0.39 is 0 Å². The van der Waals surface area contributed by atoms with Crippen LogP contribution in [0.15, 0.2) is 0 Å². The minimum Gasteiger partial charge on any atom is -0.354 e. The topological polar surface area (TPSA) is 58.2 Å². The van der Waals surface area contributed by atoms with Gasteiger partial charge < -0.3 is 10.6 Å². The van der Waals surface area contributed by atoms with Gasteiger partial charge in [0.25, 0.3) is 0 Å². The summed E-state index contributed by atoms with van der Waals surface area (Å²) >= 11 is 0. The Hall–Kier alpha value is -1.06. The molecule has 3 fully saturated rings. The third kappa shape index (κ3) is 3.78. The highest BCUT2D eigenvalue weighted by Gasteiger charge is 2.40. The second-order valence-corrected chi connectivity index (χ2v) is 7.46. The molecule has 21 heavy (non-hydrogen) atoms. The van der Waals surface area contributed by atoms with E-state index in [9.17, 15) is 9.59 Å². The molecule has 0 radical (unpaired) electrons. The van der Waals surface area contributed by atoms with Crippen LogP contribution in [0.3, 0.4) is 0 Å². The predicted octanol–water partition coefficient (Wildman–Crippen LogP) is 2.38. The first kappa shape index (κ1) is 14.9. The molecule has 2 N–H and O–H groups in total. The molecule has 4 heteroatoms. The highest BCUT2D eigenvalue weighted by atomic mass is 16.2. The summed E-state index contributed by atoms with van der Waals surface area (Å²) in [5.74, 6) is 2.71. The zero-order valence-electron chi connectivity index (χ0n) is 13.1. The summed E-state index contributed by atoms with van der Waals surface area (Å²) in [4.78, 5) is 23.3. The van der Waals surface area contributed by atoms with Gasteiger partial charge in [0.2, 0.25) is 11.8 Å². The van der Waals surface area contributed by atoms with Crippen LogP contribution >= 0.6 is 0 Å². The first-order valence-corrected chi connectivity index (χ1v) is 8.66. The average Bonchev–Trinajstić information content (AvgIpc) is 3.02. The van der Waals surface area contributed by atoms with Gasteiger partial charge in [-0.25, -0.2) is 0 Å². The Bertz CT molecular complexity index is 402. The van der Waals surface area contributed by atoms with E-state index in [1.165, 1.54) is 25.7 Å². The number of hydrogen-bond acceptors (Lipinski definition) is 2. The molecule has 3 aliphatic carbocycles. The van der Waals surface area contributed by atoms with Crippen LogP contribution in [-0.4, -0.2) is 23.9 Å². The zero-order valence-corrected chi connectivity index (χ0v) is 13.1. The van der Waals surface area contributed by atoms with Gasteiger partial charge in [-0.2, -0.15) is 0 Å². The SMILES string of the molecule is CC(=O)NC1CCC(NC(=O)CC2CC3CCC2C3)CC1. The number of amides is 2. The Kier molecular flexibility index (Phi) is 4.51. The highest BCUT2D eigenvalue weighted by Crippen LogP contribution is 2.49. The van der Waals surface area contributed by atoms with Gasteiger partial charge in [-0.1, -0.05) is 6.42 Å². The van der Waals surface area contributed by atoms with Crippen molar-refractivity contribution in [2.45, 2.75) is 76.8 Å². The lowest BCUT2D eigenvalue weighted by atomic mass is 9.86. The minimum atomic E-state index is 0.0544. The lowest BCUT2D eigenvalue weighted by molar-refractivity contribution is -0.124. The molecule has 0 aliphatic heterocycles. The molecular weight excluding hydrogens is 264 g/mol. The lowest BCUT2D eigenvalue weighted by Gasteiger charge is -2.30. The molecule has 3 unspecified atom stereocenters. The second kappa shape index (κ2) is 6.37. The third-order valence-corrected chi connectivity index (χ3v) is 5.83. The maximum atomic E-state index is 12.2. The first-order chi connectivity index (χ1) is 10.1. The Morgan fingerprint density at radius 3 is 2.10 bits per heavy atom. The normalized spacial score (nSPS) is 38.2. The van der Waals surface area contributed by atoms with Crippen LogP contribution in [0.5, 0.6) is 0 Å².